The fraction of sp³-hybridized carbons (Fsp3) is 0.933. The van der Waals surface area contributed by atoms with Gasteiger partial charge in [0.1, 0.15) is 5.78 Å². The summed E-state index contributed by atoms with van der Waals surface area (Å²) in [6.45, 7) is 5.16. The molecule has 0 heterocycles. The van der Waals surface area contributed by atoms with Crippen LogP contribution < -0.4 is 5.73 Å². The molecular weight excluding hydrogens is 210 g/mol. The van der Waals surface area contributed by atoms with Gasteiger partial charge < -0.3 is 5.73 Å². The molecule has 0 radical (unpaired) electrons. The van der Waals surface area contributed by atoms with Crippen molar-refractivity contribution in [1.82, 2.24) is 0 Å². The highest BCUT2D eigenvalue weighted by Crippen LogP contribution is 2.12. The highest BCUT2D eigenvalue weighted by atomic mass is 16.1. The maximum atomic E-state index is 11.6. The van der Waals surface area contributed by atoms with Crippen molar-refractivity contribution in [3.8, 4) is 0 Å². The average Bonchev–Trinajstić information content (AvgIpc) is 2.31. The third kappa shape index (κ3) is 11.9. The van der Waals surface area contributed by atoms with E-state index >= 15 is 0 Å². The Morgan fingerprint density at radius 2 is 1.65 bits per heavy atom. The van der Waals surface area contributed by atoms with Gasteiger partial charge in [0.05, 0.1) is 0 Å². The van der Waals surface area contributed by atoms with Crippen LogP contribution in [0.4, 0.5) is 0 Å². The summed E-state index contributed by atoms with van der Waals surface area (Å²) in [5.74, 6) is 1.05. The van der Waals surface area contributed by atoms with Crippen molar-refractivity contribution in [1.29, 1.82) is 0 Å². The topological polar surface area (TPSA) is 43.1 Å². The molecule has 0 aliphatic carbocycles. The van der Waals surface area contributed by atoms with Gasteiger partial charge in [-0.05, 0) is 31.7 Å². The molecule has 0 aliphatic heterocycles. The molecule has 0 aliphatic rings. The molecule has 2 nitrogen and oxygen atoms in total. The van der Waals surface area contributed by atoms with Gasteiger partial charge in [0.25, 0.3) is 0 Å². The Bertz CT molecular complexity index is 180. The molecule has 0 aromatic heterocycles. The van der Waals surface area contributed by atoms with Crippen molar-refractivity contribution in [2.24, 2.45) is 11.7 Å². The fourth-order valence-electron chi connectivity index (χ4n) is 2.06. The van der Waals surface area contributed by atoms with Gasteiger partial charge in [-0.15, -0.1) is 0 Å². The molecule has 1 atom stereocenters. The molecule has 2 N–H and O–H groups in total. The minimum Gasteiger partial charge on any atom is -0.330 e. The van der Waals surface area contributed by atoms with Crippen LogP contribution in [0.5, 0.6) is 0 Å². The van der Waals surface area contributed by atoms with Gasteiger partial charge in [0.15, 0.2) is 0 Å². The molecule has 0 rings (SSSR count). The Kier molecular flexibility index (Phi) is 11.8. The smallest absolute Gasteiger partial charge is 0.132 e. The zero-order chi connectivity index (χ0) is 12.9. The summed E-state index contributed by atoms with van der Waals surface area (Å²) in [6.07, 6.45) is 11.2. The summed E-state index contributed by atoms with van der Waals surface area (Å²) in [4.78, 5) is 11.6. The van der Waals surface area contributed by atoms with E-state index in [-0.39, 0.29) is 0 Å². The molecule has 0 saturated heterocycles. The zero-order valence-corrected chi connectivity index (χ0v) is 11.8. The van der Waals surface area contributed by atoms with E-state index in [1.54, 1.807) is 0 Å². The van der Waals surface area contributed by atoms with Crippen LogP contribution in [0.3, 0.4) is 0 Å². The van der Waals surface area contributed by atoms with Crippen LogP contribution in [0.2, 0.25) is 0 Å². The Morgan fingerprint density at radius 1 is 1.00 bits per heavy atom. The first-order valence-corrected chi connectivity index (χ1v) is 7.42. The predicted molar refractivity (Wildman–Crippen MR) is 75.1 cm³/mol. The molecule has 0 saturated carbocycles. The van der Waals surface area contributed by atoms with E-state index in [4.69, 9.17) is 5.73 Å². The Morgan fingerprint density at radius 3 is 2.29 bits per heavy atom. The number of rotatable bonds is 12. The zero-order valence-electron chi connectivity index (χ0n) is 11.8. The van der Waals surface area contributed by atoms with Crippen LogP contribution in [-0.2, 0) is 4.79 Å². The lowest BCUT2D eigenvalue weighted by Gasteiger charge is -2.08. The van der Waals surface area contributed by atoms with E-state index in [1.165, 1.54) is 32.1 Å². The summed E-state index contributed by atoms with van der Waals surface area (Å²) < 4.78 is 0. The van der Waals surface area contributed by atoms with Gasteiger partial charge >= 0.3 is 0 Å². The quantitative estimate of drug-likeness (QED) is 0.523. The molecule has 102 valence electrons. The Labute approximate surface area is 107 Å². The van der Waals surface area contributed by atoms with Crippen LogP contribution in [0, 0.1) is 5.92 Å². The minimum atomic E-state index is 0.448. The molecule has 0 spiro atoms. The van der Waals surface area contributed by atoms with Crippen LogP contribution >= 0.6 is 0 Å². The van der Waals surface area contributed by atoms with Gasteiger partial charge in [-0.25, -0.2) is 0 Å². The third-order valence-electron chi connectivity index (χ3n) is 3.38. The van der Waals surface area contributed by atoms with Gasteiger partial charge in [0, 0.05) is 12.8 Å². The number of hydrogen-bond acceptors (Lipinski definition) is 2. The maximum Gasteiger partial charge on any atom is 0.132 e. The minimum absolute atomic E-state index is 0.448. The molecule has 17 heavy (non-hydrogen) atoms. The molecule has 0 bridgehead atoms. The van der Waals surface area contributed by atoms with Crippen LogP contribution in [0.25, 0.3) is 0 Å². The van der Waals surface area contributed by atoms with E-state index in [0.29, 0.717) is 11.7 Å². The number of Topliss-reactive ketones (excluding diaryl/α,β-unsaturated/α-hetero) is 1. The van der Waals surface area contributed by atoms with Crippen LogP contribution in [-0.4, -0.2) is 12.3 Å². The normalized spacial score (nSPS) is 12.6. The summed E-state index contributed by atoms with van der Waals surface area (Å²) in [5.41, 5.74) is 5.49. The van der Waals surface area contributed by atoms with Gasteiger partial charge in [-0.1, -0.05) is 46.0 Å². The monoisotopic (exact) mass is 241 g/mol. The maximum absolute atomic E-state index is 11.6. The number of unbranched alkanes of at least 4 members (excludes halogenated alkanes) is 5. The van der Waals surface area contributed by atoms with Crippen molar-refractivity contribution in [2.75, 3.05) is 6.54 Å². The van der Waals surface area contributed by atoms with Crippen molar-refractivity contribution < 1.29 is 4.79 Å². The van der Waals surface area contributed by atoms with Crippen LogP contribution in [0.15, 0.2) is 0 Å². The number of ketones is 1. The summed E-state index contributed by atoms with van der Waals surface area (Å²) >= 11 is 0. The van der Waals surface area contributed by atoms with Gasteiger partial charge in [-0.2, -0.15) is 0 Å². The molecule has 0 aromatic carbocycles. The van der Waals surface area contributed by atoms with E-state index in [2.05, 4.69) is 13.8 Å². The lowest BCUT2D eigenvalue weighted by atomic mass is 9.98. The number of carbonyl (C=O) groups excluding carboxylic acids is 1. The van der Waals surface area contributed by atoms with E-state index in [9.17, 15) is 4.79 Å². The summed E-state index contributed by atoms with van der Waals surface area (Å²) in [7, 11) is 0. The second-order valence-electron chi connectivity index (χ2n) is 5.28. The fourth-order valence-corrected chi connectivity index (χ4v) is 2.06. The highest BCUT2D eigenvalue weighted by molar-refractivity contribution is 5.78. The number of nitrogens with two attached hydrogens (primary N) is 1. The second-order valence-corrected chi connectivity index (χ2v) is 5.28. The largest absolute Gasteiger partial charge is 0.330 e. The summed E-state index contributed by atoms with van der Waals surface area (Å²) in [5, 5.41) is 0. The lowest BCUT2D eigenvalue weighted by molar-refractivity contribution is -0.119. The van der Waals surface area contributed by atoms with Crippen molar-refractivity contribution >= 4 is 5.78 Å². The average molecular weight is 241 g/mol. The molecule has 0 fully saturated rings. The number of carbonyl (C=O) groups is 1. The van der Waals surface area contributed by atoms with Crippen molar-refractivity contribution in [3.63, 3.8) is 0 Å². The second kappa shape index (κ2) is 12.1. The molecule has 2 heteroatoms. The first-order valence-electron chi connectivity index (χ1n) is 7.42. The highest BCUT2D eigenvalue weighted by Gasteiger charge is 2.06. The van der Waals surface area contributed by atoms with E-state index in [1.807, 2.05) is 0 Å². The first kappa shape index (κ1) is 16.6. The van der Waals surface area contributed by atoms with Gasteiger partial charge in [-0.3, -0.25) is 4.79 Å². The van der Waals surface area contributed by atoms with E-state index in [0.717, 1.165) is 38.6 Å². The van der Waals surface area contributed by atoms with Crippen molar-refractivity contribution in [3.05, 3.63) is 0 Å². The first-order chi connectivity index (χ1) is 8.20. The summed E-state index contributed by atoms with van der Waals surface area (Å²) in [6, 6.07) is 0. The van der Waals surface area contributed by atoms with Crippen molar-refractivity contribution in [2.45, 2.75) is 78.1 Å². The van der Waals surface area contributed by atoms with E-state index < -0.39 is 0 Å². The van der Waals surface area contributed by atoms with Crippen LogP contribution in [0.1, 0.15) is 78.1 Å². The Hall–Kier alpha value is -0.370. The molecular formula is C15H31NO. The third-order valence-corrected chi connectivity index (χ3v) is 3.38. The molecule has 0 amide bonds. The SMILES string of the molecule is CCCCCCCCC(=O)CCC(C)CCN. The van der Waals surface area contributed by atoms with Gasteiger partial charge in [0.2, 0.25) is 0 Å². The lowest BCUT2D eigenvalue weighted by Crippen LogP contribution is -2.08. The number of hydrogen-bond donors (Lipinski definition) is 1. The molecule has 0 aromatic rings. The molecule has 1 unspecified atom stereocenters. The predicted octanol–water partition coefficient (Wildman–Crippen LogP) is 4.07. The Balaban J connectivity index is 3.28. The standard InChI is InChI=1S/C15H31NO/c1-3-4-5-6-7-8-9-15(17)11-10-14(2)12-13-16/h14H,3-13,16H2,1-2H3.